The number of ether oxygens (including phenoxy) is 1. The van der Waals surface area contributed by atoms with E-state index in [2.05, 4.69) is 10.3 Å². The van der Waals surface area contributed by atoms with Crippen LogP contribution in [0.4, 0.5) is 4.79 Å². The van der Waals surface area contributed by atoms with Gasteiger partial charge in [0.15, 0.2) is 0 Å². The molecule has 0 radical (unpaired) electrons. The highest BCUT2D eigenvalue weighted by Crippen LogP contribution is 2.17. The van der Waals surface area contributed by atoms with Gasteiger partial charge in [0, 0.05) is 25.6 Å². The lowest BCUT2D eigenvalue weighted by atomic mass is 10.1. The molecule has 1 aliphatic rings. The van der Waals surface area contributed by atoms with Gasteiger partial charge in [0.2, 0.25) is 10.0 Å². The summed E-state index contributed by atoms with van der Waals surface area (Å²) in [6, 6.07) is 16.0. The van der Waals surface area contributed by atoms with Gasteiger partial charge >= 0.3 is 6.09 Å². The molecular formula is C27H36N4O5S. The van der Waals surface area contributed by atoms with Crippen LogP contribution in [0.3, 0.4) is 0 Å². The Morgan fingerprint density at radius 3 is 2.41 bits per heavy atom. The Labute approximate surface area is 219 Å². The number of hydrogen-bond acceptors (Lipinski definition) is 7. The van der Waals surface area contributed by atoms with Crippen LogP contribution in [0.2, 0.25) is 0 Å². The van der Waals surface area contributed by atoms with Crippen LogP contribution in [0, 0.1) is 0 Å². The van der Waals surface area contributed by atoms with E-state index in [1.165, 1.54) is 11.4 Å². The smallest absolute Gasteiger partial charge is 0.416 e. The Kier molecular flexibility index (Phi) is 9.58. The first-order valence-corrected chi connectivity index (χ1v) is 13.8. The molecule has 0 fully saturated rings. The average molecular weight is 529 g/mol. The molecule has 0 bridgehead atoms. The van der Waals surface area contributed by atoms with E-state index < -0.39 is 21.7 Å². The highest BCUT2D eigenvalue weighted by molar-refractivity contribution is 7.89. The van der Waals surface area contributed by atoms with Gasteiger partial charge in [-0.1, -0.05) is 42.5 Å². The summed E-state index contributed by atoms with van der Waals surface area (Å²) in [6.07, 6.45) is 0.462. The minimum Gasteiger partial charge on any atom is -0.443 e. The predicted octanol–water partition coefficient (Wildman–Crippen LogP) is 3.10. The van der Waals surface area contributed by atoms with E-state index in [-0.39, 0.29) is 30.2 Å². The van der Waals surface area contributed by atoms with Crippen LogP contribution in [-0.2, 0) is 26.0 Å². The van der Waals surface area contributed by atoms with Crippen LogP contribution in [0.15, 0.2) is 64.5 Å². The molecule has 2 aromatic rings. The standard InChI is InChI=1S/C27H36N4O5S/c1-27(2,3)36-26(33)31-19-17-29-25(31)22-12-10-21(11-13-22)14-16-28-20-23(32)15-18-30(4)37(34,35)24-8-6-5-7-9-24/h5-13,28H,14-20H2,1-4H3. The van der Waals surface area contributed by atoms with E-state index in [0.29, 0.717) is 25.5 Å². The number of rotatable bonds is 11. The number of carbonyl (C=O) groups is 2. The third-order valence-corrected chi connectivity index (χ3v) is 7.61. The van der Waals surface area contributed by atoms with Crippen molar-refractivity contribution in [2.45, 2.75) is 44.1 Å². The van der Waals surface area contributed by atoms with Crippen molar-refractivity contribution in [1.29, 1.82) is 0 Å². The van der Waals surface area contributed by atoms with Gasteiger partial charge in [-0.3, -0.25) is 14.7 Å². The van der Waals surface area contributed by atoms with Crippen LogP contribution < -0.4 is 5.32 Å². The number of hydrogen-bond donors (Lipinski definition) is 1. The second-order valence-electron chi connectivity index (χ2n) is 9.89. The fourth-order valence-corrected chi connectivity index (χ4v) is 4.93. The first-order chi connectivity index (χ1) is 17.5. The van der Waals surface area contributed by atoms with Crippen molar-refractivity contribution in [3.05, 3.63) is 65.7 Å². The first kappa shape index (κ1) is 28.5. The van der Waals surface area contributed by atoms with Crippen LogP contribution >= 0.6 is 0 Å². The number of sulfonamides is 1. The number of benzene rings is 2. The summed E-state index contributed by atoms with van der Waals surface area (Å²) in [5.74, 6) is 0.565. The molecule has 3 rings (SSSR count). The Morgan fingerprint density at radius 2 is 1.76 bits per heavy atom. The van der Waals surface area contributed by atoms with E-state index in [1.54, 1.807) is 35.2 Å². The van der Waals surface area contributed by atoms with Crippen molar-refractivity contribution in [2.24, 2.45) is 4.99 Å². The Morgan fingerprint density at radius 1 is 1.08 bits per heavy atom. The van der Waals surface area contributed by atoms with E-state index in [1.807, 2.05) is 45.0 Å². The summed E-state index contributed by atoms with van der Waals surface area (Å²) in [5.41, 5.74) is 1.36. The molecular weight excluding hydrogens is 492 g/mol. The number of ketones is 1. The summed E-state index contributed by atoms with van der Waals surface area (Å²) in [6.45, 7) is 7.46. The Hall–Kier alpha value is -3.08. The van der Waals surface area contributed by atoms with Gasteiger partial charge in [0.05, 0.1) is 24.5 Å². The molecule has 1 amide bonds. The SMILES string of the molecule is CN(CCC(=O)CNCCc1ccc(C2=NCCN2C(=O)OC(C)(C)C)cc1)S(=O)(=O)c1ccccc1. The summed E-state index contributed by atoms with van der Waals surface area (Å²) < 4.78 is 31.8. The van der Waals surface area contributed by atoms with Gasteiger partial charge < -0.3 is 10.1 Å². The molecule has 0 aromatic heterocycles. The van der Waals surface area contributed by atoms with E-state index in [4.69, 9.17) is 4.74 Å². The molecule has 1 heterocycles. The number of carbonyl (C=O) groups excluding carboxylic acids is 2. The van der Waals surface area contributed by atoms with E-state index in [9.17, 15) is 18.0 Å². The first-order valence-electron chi connectivity index (χ1n) is 12.4. The fraction of sp³-hybridized carbons (Fsp3) is 0.444. The predicted molar refractivity (Wildman–Crippen MR) is 143 cm³/mol. The van der Waals surface area contributed by atoms with Gasteiger partial charge in [-0.05, 0) is 51.4 Å². The third kappa shape index (κ3) is 8.21. The lowest BCUT2D eigenvalue weighted by molar-refractivity contribution is -0.118. The van der Waals surface area contributed by atoms with Crippen molar-refractivity contribution in [3.8, 4) is 0 Å². The molecule has 0 atom stereocenters. The number of Topliss-reactive ketones (excluding diaryl/α,β-unsaturated/α-hetero) is 1. The number of nitrogens with zero attached hydrogens (tertiary/aromatic N) is 3. The van der Waals surface area contributed by atoms with Crippen molar-refractivity contribution in [1.82, 2.24) is 14.5 Å². The molecule has 200 valence electrons. The third-order valence-electron chi connectivity index (χ3n) is 5.74. The maximum atomic E-state index is 12.5. The fourth-order valence-electron chi connectivity index (χ4n) is 3.73. The lowest BCUT2D eigenvalue weighted by Gasteiger charge is -2.25. The van der Waals surface area contributed by atoms with Crippen molar-refractivity contribution in [3.63, 3.8) is 0 Å². The second-order valence-corrected chi connectivity index (χ2v) is 11.9. The number of nitrogens with one attached hydrogen (secondary N) is 1. The monoisotopic (exact) mass is 528 g/mol. The minimum atomic E-state index is -3.60. The molecule has 1 N–H and O–H groups in total. The lowest BCUT2D eigenvalue weighted by Crippen LogP contribution is -2.39. The molecule has 0 saturated heterocycles. The van der Waals surface area contributed by atoms with Crippen molar-refractivity contribution in [2.75, 3.05) is 39.8 Å². The second kappa shape index (κ2) is 12.4. The molecule has 1 aliphatic heterocycles. The van der Waals surface area contributed by atoms with Gasteiger partial charge in [0.25, 0.3) is 0 Å². The topological polar surface area (TPSA) is 108 Å². The van der Waals surface area contributed by atoms with Crippen molar-refractivity contribution < 1.29 is 22.7 Å². The van der Waals surface area contributed by atoms with Gasteiger partial charge in [0.1, 0.15) is 17.2 Å². The highest BCUT2D eigenvalue weighted by Gasteiger charge is 2.29. The molecule has 9 nitrogen and oxygen atoms in total. The van der Waals surface area contributed by atoms with Crippen LogP contribution in [-0.4, -0.2) is 80.7 Å². The number of amides is 1. The average Bonchev–Trinajstić information content (AvgIpc) is 3.35. The minimum absolute atomic E-state index is 0.0491. The van der Waals surface area contributed by atoms with Crippen LogP contribution in [0.25, 0.3) is 0 Å². The number of amidine groups is 1. The maximum absolute atomic E-state index is 12.5. The number of aliphatic imine (C=N–C) groups is 1. The zero-order valence-electron chi connectivity index (χ0n) is 21.9. The van der Waals surface area contributed by atoms with Gasteiger partial charge in [-0.25, -0.2) is 17.5 Å². The highest BCUT2D eigenvalue weighted by atomic mass is 32.2. The van der Waals surface area contributed by atoms with E-state index >= 15 is 0 Å². The van der Waals surface area contributed by atoms with Crippen LogP contribution in [0.1, 0.15) is 38.3 Å². The van der Waals surface area contributed by atoms with Gasteiger partial charge in [-0.15, -0.1) is 0 Å². The molecule has 37 heavy (non-hydrogen) atoms. The molecule has 10 heteroatoms. The summed E-state index contributed by atoms with van der Waals surface area (Å²) in [7, 11) is -2.12. The largest absolute Gasteiger partial charge is 0.443 e. The molecule has 0 unspecified atom stereocenters. The van der Waals surface area contributed by atoms with E-state index in [0.717, 1.165) is 17.5 Å². The van der Waals surface area contributed by atoms with Gasteiger partial charge in [-0.2, -0.15) is 0 Å². The summed E-state index contributed by atoms with van der Waals surface area (Å²) >= 11 is 0. The normalized spacial score (nSPS) is 14.1. The Balaban J connectivity index is 1.41. The molecule has 0 aliphatic carbocycles. The summed E-state index contributed by atoms with van der Waals surface area (Å²) in [5, 5.41) is 3.13. The molecule has 2 aromatic carbocycles. The zero-order chi connectivity index (χ0) is 27.1. The molecule has 0 spiro atoms. The quantitative estimate of drug-likeness (QED) is 0.449. The zero-order valence-corrected chi connectivity index (χ0v) is 22.8. The maximum Gasteiger partial charge on any atom is 0.416 e. The van der Waals surface area contributed by atoms with Crippen molar-refractivity contribution >= 4 is 27.7 Å². The summed E-state index contributed by atoms with van der Waals surface area (Å²) in [4.78, 5) is 31.0. The molecule has 0 saturated carbocycles. The Bertz CT molecular complexity index is 1210. The van der Waals surface area contributed by atoms with Crippen LogP contribution in [0.5, 0.6) is 0 Å².